The smallest absolute Gasteiger partial charge is 0.262 e. The van der Waals surface area contributed by atoms with Gasteiger partial charge in [-0.25, -0.2) is 8.42 Å². The number of hydrogen-bond acceptors (Lipinski definition) is 3. The molecule has 2 aromatic rings. The Morgan fingerprint density at radius 3 is 2.44 bits per heavy atom. The standard InChI is InChI=1S/C21H28N2O3S/c1-5-7-14-23(6-2)21(24)18-10-8-9-11-19(18)22-27(25,26)20-15-16(3)12-13-17(20)4/h8-13,15,22H,5-7,14H2,1-4H3. The van der Waals surface area contributed by atoms with E-state index in [4.69, 9.17) is 0 Å². The van der Waals surface area contributed by atoms with Crippen molar-refractivity contribution in [1.82, 2.24) is 4.90 Å². The molecule has 1 N–H and O–H groups in total. The molecular weight excluding hydrogens is 360 g/mol. The van der Waals surface area contributed by atoms with Gasteiger partial charge in [0.25, 0.3) is 15.9 Å². The monoisotopic (exact) mass is 388 g/mol. The summed E-state index contributed by atoms with van der Waals surface area (Å²) in [5, 5.41) is 0. The molecule has 2 aromatic carbocycles. The van der Waals surface area contributed by atoms with Crippen LogP contribution in [0.4, 0.5) is 5.69 Å². The fraction of sp³-hybridized carbons (Fsp3) is 0.381. The second-order valence-corrected chi connectivity index (χ2v) is 8.31. The van der Waals surface area contributed by atoms with E-state index in [9.17, 15) is 13.2 Å². The predicted molar refractivity (Wildman–Crippen MR) is 110 cm³/mol. The summed E-state index contributed by atoms with van der Waals surface area (Å²) >= 11 is 0. The van der Waals surface area contributed by atoms with Crippen molar-refractivity contribution in [1.29, 1.82) is 0 Å². The van der Waals surface area contributed by atoms with Crippen LogP contribution in [0.15, 0.2) is 47.4 Å². The molecule has 0 spiro atoms. The Kier molecular flexibility index (Phi) is 7.02. The number of carbonyl (C=O) groups excluding carboxylic acids is 1. The minimum absolute atomic E-state index is 0.162. The molecule has 27 heavy (non-hydrogen) atoms. The molecule has 0 aliphatic carbocycles. The quantitative estimate of drug-likeness (QED) is 0.730. The van der Waals surface area contributed by atoms with E-state index in [0.717, 1.165) is 18.4 Å². The molecule has 2 rings (SSSR count). The van der Waals surface area contributed by atoms with Crippen LogP contribution in [0.2, 0.25) is 0 Å². The van der Waals surface area contributed by atoms with Gasteiger partial charge < -0.3 is 4.90 Å². The van der Waals surface area contributed by atoms with Crippen LogP contribution in [0.1, 0.15) is 48.2 Å². The number of benzene rings is 2. The van der Waals surface area contributed by atoms with Gasteiger partial charge in [0.1, 0.15) is 0 Å². The van der Waals surface area contributed by atoms with Crippen LogP contribution in [-0.4, -0.2) is 32.3 Å². The Balaban J connectivity index is 2.37. The Morgan fingerprint density at radius 1 is 1.07 bits per heavy atom. The predicted octanol–water partition coefficient (Wildman–Crippen LogP) is 4.37. The third-order valence-corrected chi connectivity index (χ3v) is 5.99. The van der Waals surface area contributed by atoms with E-state index in [1.54, 1.807) is 48.2 Å². The number of sulfonamides is 1. The third-order valence-electron chi connectivity index (χ3n) is 4.49. The largest absolute Gasteiger partial charge is 0.339 e. The lowest BCUT2D eigenvalue weighted by atomic mass is 10.1. The minimum atomic E-state index is -3.79. The van der Waals surface area contributed by atoms with Crippen LogP contribution in [-0.2, 0) is 10.0 Å². The van der Waals surface area contributed by atoms with Gasteiger partial charge in [-0.1, -0.05) is 37.6 Å². The van der Waals surface area contributed by atoms with Gasteiger partial charge in [-0.05, 0) is 56.5 Å². The maximum atomic E-state index is 12.9. The maximum Gasteiger partial charge on any atom is 0.262 e. The Labute approximate surface area is 162 Å². The number of aryl methyl sites for hydroxylation is 2. The van der Waals surface area contributed by atoms with Gasteiger partial charge in [-0.2, -0.15) is 0 Å². The van der Waals surface area contributed by atoms with E-state index in [-0.39, 0.29) is 10.8 Å². The highest BCUT2D eigenvalue weighted by Crippen LogP contribution is 2.24. The molecule has 0 saturated carbocycles. The Bertz CT molecular complexity index is 907. The lowest BCUT2D eigenvalue weighted by Gasteiger charge is -2.22. The van der Waals surface area contributed by atoms with Crippen LogP contribution in [0.3, 0.4) is 0 Å². The number of nitrogens with zero attached hydrogens (tertiary/aromatic N) is 1. The summed E-state index contributed by atoms with van der Waals surface area (Å²) in [5.74, 6) is -0.162. The van der Waals surface area contributed by atoms with Crippen molar-refractivity contribution in [3.8, 4) is 0 Å². The zero-order valence-corrected chi connectivity index (χ0v) is 17.3. The molecule has 0 atom stereocenters. The first-order valence-electron chi connectivity index (χ1n) is 9.28. The number of unbranched alkanes of at least 4 members (excludes halogenated alkanes) is 1. The maximum absolute atomic E-state index is 12.9. The second-order valence-electron chi connectivity index (χ2n) is 6.66. The van der Waals surface area contributed by atoms with Gasteiger partial charge in [0.15, 0.2) is 0 Å². The van der Waals surface area contributed by atoms with Crippen LogP contribution in [0.25, 0.3) is 0 Å². The average Bonchev–Trinajstić information content (AvgIpc) is 2.64. The van der Waals surface area contributed by atoms with Gasteiger partial charge in [-0.15, -0.1) is 0 Å². The number of hydrogen-bond donors (Lipinski definition) is 1. The first-order chi connectivity index (χ1) is 12.8. The highest BCUT2D eigenvalue weighted by Gasteiger charge is 2.22. The highest BCUT2D eigenvalue weighted by atomic mass is 32.2. The van der Waals surface area contributed by atoms with Crippen molar-refractivity contribution in [3.63, 3.8) is 0 Å². The van der Waals surface area contributed by atoms with Crippen molar-refractivity contribution in [3.05, 3.63) is 59.2 Å². The van der Waals surface area contributed by atoms with Crippen LogP contribution in [0.5, 0.6) is 0 Å². The van der Waals surface area contributed by atoms with E-state index in [2.05, 4.69) is 11.6 Å². The van der Waals surface area contributed by atoms with Gasteiger partial charge in [0, 0.05) is 13.1 Å². The van der Waals surface area contributed by atoms with Crippen molar-refractivity contribution in [2.45, 2.75) is 45.4 Å². The first-order valence-corrected chi connectivity index (χ1v) is 10.8. The molecular formula is C21H28N2O3S. The van der Waals surface area contributed by atoms with Crippen LogP contribution >= 0.6 is 0 Å². The number of carbonyl (C=O) groups is 1. The normalized spacial score (nSPS) is 11.3. The molecule has 0 heterocycles. The number of para-hydroxylation sites is 1. The second kappa shape index (κ2) is 9.04. The molecule has 6 heteroatoms. The molecule has 0 unspecified atom stereocenters. The molecule has 0 bridgehead atoms. The third kappa shape index (κ3) is 5.10. The molecule has 0 radical (unpaired) electrons. The van der Waals surface area contributed by atoms with Crippen molar-refractivity contribution in [2.24, 2.45) is 0 Å². The number of nitrogens with one attached hydrogen (secondary N) is 1. The van der Waals surface area contributed by atoms with Gasteiger partial charge in [-0.3, -0.25) is 9.52 Å². The summed E-state index contributed by atoms with van der Waals surface area (Å²) in [6.45, 7) is 8.85. The van der Waals surface area contributed by atoms with Gasteiger partial charge in [0.05, 0.1) is 16.1 Å². The number of amides is 1. The summed E-state index contributed by atoms with van der Waals surface area (Å²) in [6.07, 6.45) is 1.90. The van der Waals surface area contributed by atoms with Crippen LogP contribution in [0, 0.1) is 13.8 Å². The van der Waals surface area contributed by atoms with Gasteiger partial charge in [0.2, 0.25) is 0 Å². The van der Waals surface area contributed by atoms with Crippen molar-refractivity contribution < 1.29 is 13.2 Å². The SMILES string of the molecule is CCCCN(CC)C(=O)c1ccccc1NS(=O)(=O)c1cc(C)ccc1C. The molecule has 0 saturated heterocycles. The summed E-state index contributed by atoms with van der Waals surface area (Å²) in [7, 11) is -3.79. The zero-order valence-electron chi connectivity index (χ0n) is 16.5. The fourth-order valence-corrected chi connectivity index (χ4v) is 4.29. The summed E-state index contributed by atoms with van der Waals surface area (Å²) in [6, 6.07) is 12.1. The summed E-state index contributed by atoms with van der Waals surface area (Å²) in [4.78, 5) is 14.9. The molecule has 5 nitrogen and oxygen atoms in total. The van der Waals surface area contributed by atoms with Crippen LogP contribution < -0.4 is 4.72 Å². The molecule has 0 fully saturated rings. The average molecular weight is 389 g/mol. The molecule has 0 aromatic heterocycles. The van der Waals surface area contributed by atoms with E-state index < -0.39 is 10.0 Å². The van der Waals surface area contributed by atoms with E-state index in [1.165, 1.54) is 0 Å². The number of rotatable bonds is 8. The summed E-state index contributed by atoms with van der Waals surface area (Å²) < 4.78 is 28.5. The summed E-state index contributed by atoms with van der Waals surface area (Å²) in [5.41, 5.74) is 2.19. The highest BCUT2D eigenvalue weighted by molar-refractivity contribution is 7.92. The Hall–Kier alpha value is -2.34. The Morgan fingerprint density at radius 2 is 1.78 bits per heavy atom. The number of anilines is 1. The topological polar surface area (TPSA) is 66.5 Å². The molecule has 146 valence electrons. The van der Waals surface area contributed by atoms with E-state index in [1.807, 2.05) is 19.9 Å². The fourth-order valence-electron chi connectivity index (χ4n) is 2.88. The van der Waals surface area contributed by atoms with Gasteiger partial charge >= 0.3 is 0 Å². The van der Waals surface area contributed by atoms with E-state index >= 15 is 0 Å². The van der Waals surface area contributed by atoms with Crippen molar-refractivity contribution in [2.75, 3.05) is 17.8 Å². The zero-order chi connectivity index (χ0) is 20.0. The lowest BCUT2D eigenvalue weighted by molar-refractivity contribution is 0.0763. The lowest BCUT2D eigenvalue weighted by Crippen LogP contribution is -2.32. The molecule has 0 aliphatic heterocycles. The minimum Gasteiger partial charge on any atom is -0.339 e. The molecule has 1 amide bonds. The van der Waals surface area contributed by atoms with E-state index in [0.29, 0.717) is 29.9 Å². The molecule has 0 aliphatic rings. The van der Waals surface area contributed by atoms with Crippen molar-refractivity contribution >= 4 is 21.6 Å². The first kappa shape index (κ1) is 21.0.